The average Bonchev–Trinajstić information content (AvgIpc) is 4.16. The number of hydrogen-bond acceptors (Lipinski definition) is 9. The molecule has 330 valence electrons. The summed E-state index contributed by atoms with van der Waals surface area (Å²) in [5, 5.41) is 7.78. The molecule has 5 aromatic rings. The fourth-order valence-corrected chi connectivity index (χ4v) is 10.0. The van der Waals surface area contributed by atoms with Gasteiger partial charge in [0.1, 0.15) is 23.7 Å². The third-order valence-corrected chi connectivity index (χ3v) is 13.4. The maximum atomic E-state index is 14.0. The molecule has 0 saturated carbocycles. The van der Waals surface area contributed by atoms with Gasteiger partial charge in [0.2, 0.25) is 11.8 Å². The Labute approximate surface area is 366 Å². The number of ether oxygens (including phenoxy) is 3. The number of aromatic nitrogens is 4. The molecule has 3 aliphatic heterocycles. The number of methoxy groups -OCH3 is 2. The number of nitrogens with zero attached hydrogens (tertiary/aromatic N) is 4. The molecule has 0 radical (unpaired) electrons. The molecule has 3 saturated heterocycles. The second-order valence-corrected chi connectivity index (χ2v) is 17.6. The van der Waals surface area contributed by atoms with Crippen LogP contribution in [0, 0.1) is 11.8 Å². The Kier molecular flexibility index (Phi) is 11.9. The minimum Gasteiger partial charge on any atom is -0.453 e. The van der Waals surface area contributed by atoms with Gasteiger partial charge in [-0.1, -0.05) is 56.3 Å². The summed E-state index contributed by atoms with van der Waals surface area (Å²) < 4.78 is 15.2. The first-order valence-corrected chi connectivity index (χ1v) is 22.3. The van der Waals surface area contributed by atoms with Gasteiger partial charge in [-0.15, -0.1) is 0 Å². The molecule has 4 amide bonds. The standard InChI is InChI=1S/C48H56N8O7/c1-27(2)40(53-47(59)61-3)45(57)56-20-6-8-39(56)44-50-36-16-14-33-24-32(13-15-35(33)42(36)52-44)29-9-10-31-25-34(12-11-30(31)23-29)37-26-49-43(51-37)38-7-5-19-55(38)46(58)41(54-48(60)62-4)28-17-21-63-22-18-28/h9-13,15,23-28,38-41H,5-8,14,16-22H2,1-4H3,(H,49,51)(H,50,52)(H,53,59)(H,54,60)/t38-,39-,40-,41-/m0/s1. The Morgan fingerprint density at radius 3 is 2.10 bits per heavy atom. The minimum absolute atomic E-state index is 0.0265. The highest BCUT2D eigenvalue weighted by atomic mass is 16.5. The first kappa shape index (κ1) is 42.1. The van der Waals surface area contributed by atoms with Crippen LogP contribution in [-0.4, -0.2) is 106 Å². The summed E-state index contributed by atoms with van der Waals surface area (Å²) in [6.07, 6.45) is 6.97. The second-order valence-electron chi connectivity index (χ2n) is 17.6. The molecule has 4 N–H and O–H groups in total. The zero-order valence-electron chi connectivity index (χ0n) is 36.4. The smallest absolute Gasteiger partial charge is 0.407 e. The van der Waals surface area contributed by atoms with Crippen molar-refractivity contribution in [3.8, 4) is 33.6 Å². The van der Waals surface area contributed by atoms with Crippen molar-refractivity contribution in [2.24, 2.45) is 11.8 Å². The van der Waals surface area contributed by atoms with Gasteiger partial charge in [-0.3, -0.25) is 9.59 Å². The van der Waals surface area contributed by atoms with E-state index in [0.717, 1.165) is 100 Å². The Hall–Kier alpha value is -6.22. The van der Waals surface area contributed by atoms with Crippen LogP contribution in [-0.2, 0) is 36.6 Å². The van der Waals surface area contributed by atoms with Crippen LogP contribution in [0.5, 0.6) is 0 Å². The van der Waals surface area contributed by atoms with Crippen LogP contribution in [0.2, 0.25) is 0 Å². The molecule has 5 heterocycles. The Balaban J connectivity index is 0.899. The monoisotopic (exact) mass is 856 g/mol. The number of carbonyl (C=O) groups is 4. The van der Waals surface area contributed by atoms with Crippen LogP contribution in [0.15, 0.2) is 60.8 Å². The minimum atomic E-state index is -0.683. The second kappa shape index (κ2) is 17.9. The molecule has 4 aliphatic rings. The van der Waals surface area contributed by atoms with E-state index in [-0.39, 0.29) is 35.7 Å². The summed E-state index contributed by atoms with van der Waals surface area (Å²) in [5.41, 5.74) is 8.57. The largest absolute Gasteiger partial charge is 0.453 e. The molecule has 63 heavy (non-hydrogen) atoms. The van der Waals surface area contributed by atoms with Gasteiger partial charge >= 0.3 is 12.2 Å². The Morgan fingerprint density at radius 2 is 1.38 bits per heavy atom. The lowest BCUT2D eigenvalue weighted by Crippen LogP contribution is -2.53. The number of H-pyrrole nitrogens is 2. The van der Waals surface area contributed by atoms with E-state index >= 15 is 0 Å². The number of nitrogens with one attached hydrogen (secondary N) is 4. The van der Waals surface area contributed by atoms with Crippen molar-refractivity contribution in [1.82, 2.24) is 40.4 Å². The Bertz CT molecular complexity index is 2520. The first-order chi connectivity index (χ1) is 30.6. The summed E-state index contributed by atoms with van der Waals surface area (Å²) in [6.45, 7) is 6.17. The zero-order chi connectivity index (χ0) is 43.8. The zero-order valence-corrected chi connectivity index (χ0v) is 36.4. The number of amides is 4. The lowest BCUT2D eigenvalue weighted by Gasteiger charge is -2.34. The highest BCUT2D eigenvalue weighted by molar-refractivity contribution is 5.91. The molecule has 0 spiro atoms. The summed E-state index contributed by atoms with van der Waals surface area (Å²) in [7, 11) is 2.62. The number of alkyl carbamates (subject to hydrolysis) is 2. The number of aromatic amines is 2. The molecule has 15 heteroatoms. The van der Waals surface area contributed by atoms with Crippen LogP contribution in [0.25, 0.3) is 44.4 Å². The fourth-order valence-electron chi connectivity index (χ4n) is 10.0. The van der Waals surface area contributed by atoms with Gasteiger partial charge in [0.25, 0.3) is 0 Å². The Morgan fingerprint density at radius 1 is 0.746 bits per heavy atom. The summed E-state index contributed by atoms with van der Waals surface area (Å²) in [4.78, 5) is 72.8. The van der Waals surface area contributed by atoms with Crippen LogP contribution < -0.4 is 10.6 Å². The molecule has 3 aromatic carbocycles. The van der Waals surface area contributed by atoms with E-state index < -0.39 is 24.3 Å². The van der Waals surface area contributed by atoms with E-state index in [4.69, 9.17) is 24.2 Å². The molecule has 2 aromatic heterocycles. The summed E-state index contributed by atoms with van der Waals surface area (Å²) >= 11 is 0. The topological polar surface area (TPSA) is 184 Å². The third-order valence-electron chi connectivity index (χ3n) is 13.4. The molecule has 0 bridgehead atoms. The predicted octanol–water partition coefficient (Wildman–Crippen LogP) is 7.24. The lowest BCUT2D eigenvalue weighted by molar-refractivity contribution is -0.137. The van der Waals surface area contributed by atoms with Gasteiger partial charge in [0, 0.05) is 37.4 Å². The van der Waals surface area contributed by atoms with Gasteiger partial charge in [-0.2, -0.15) is 0 Å². The van der Waals surface area contributed by atoms with Gasteiger partial charge < -0.3 is 44.6 Å². The molecule has 4 atom stereocenters. The van der Waals surface area contributed by atoms with E-state index in [9.17, 15) is 19.2 Å². The number of fused-ring (bicyclic) bond motifs is 4. The van der Waals surface area contributed by atoms with Crippen molar-refractivity contribution < 1.29 is 33.4 Å². The molecule has 15 nitrogen and oxygen atoms in total. The maximum absolute atomic E-state index is 14.0. The number of imidazole rings is 2. The van der Waals surface area contributed by atoms with Gasteiger partial charge in [0.15, 0.2) is 0 Å². The van der Waals surface area contributed by atoms with Crippen molar-refractivity contribution in [2.75, 3.05) is 40.5 Å². The quantitative estimate of drug-likeness (QED) is 0.112. The fraction of sp³-hybridized carbons (Fsp3) is 0.458. The molecule has 1 aliphatic carbocycles. The molecule has 0 unspecified atom stereocenters. The van der Waals surface area contributed by atoms with E-state index in [0.29, 0.717) is 39.1 Å². The number of rotatable bonds is 10. The van der Waals surface area contributed by atoms with Gasteiger partial charge in [0.05, 0.1) is 49.6 Å². The van der Waals surface area contributed by atoms with Crippen LogP contribution in [0.3, 0.4) is 0 Å². The van der Waals surface area contributed by atoms with Crippen LogP contribution in [0.1, 0.15) is 87.4 Å². The molecular weight excluding hydrogens is 801 g/mol. The van der Waals surface area contributed by atoms with Gasteiger partial charge in [-0.05, 0) is 103 Å². The molecular formula is C48H56N8O7. The normalized spacial score (nSPS) is 19.7. The van der Waals surface area contributed by atoms with Crippen LogP contribution >= 0.6 is 0 Å². The predicted molar refractivity (Wildman–Crippen MR) is 236 cm³/mol. The van der Waals surface area contributed by atoms with Crippen molar-refractivity contribution in [3.63, 3.8) is 0 Å². The number of hydrogen-bond donors (Lipinski definition) is 4. The van der Waals surface area contributed by atoms with Crippen LogP contribution in [0.4, 0.5) is 9.59 Å². The summed E-state index contributed by atoms with van der Waals surface area (Å²) in [6, 6.07) is 17.8. The molecule has 3 fully saturated rings. The van der Waals surface area contributed by atoms with E-state index in [1.165, 1.54) is 19.8 Å². The highest BCUT2D eigenvalue weighted by Crippen LogP contribution is 2.40. The number of benzene rings is 3. The van der Waals surface area contributed by atoms with Crippen molar-refractivity contribution in [1.29, 1.82) is 0 Å². The summed E-state index contributed by atoms with van der Waals surface area (Å²) in [5.74, 6) is 1.18. The molecule has 9 rings (SSSR count). The van der Waals surface area contributed by atoms with Crippen molar-refractivity contribution >= 4 is 34.8 Å². The number of carbonyl (C=O) groups excluding carboxylic acids is 4. The van der Waals surface area contributed by atoms with Gasteiger partial charge in [-0.25, -0.2) is 19.6 Å². The first-order valence-electron chi connectivity index (χ1n) is 22.3. The van der Waals surface area contributed by atoms with E-state index in [1.807, 2.05) is 29.8 Å². The SMILES string of the molecule is COC(=O)N[C@H](C(=O)N1CCC[C@H]1c1nc2c([nH]1)-c1ccc(-c3ccc4cc(-c5cnc([C@@H]6CCCN6C(=O)[C@@H](NC(=O)OC)C6CCOCC6)[nH]5)ccc4c3)cc1CC2)C(C)C. The van der Waals surface area contributed by atoms with E-state index in [1.54, 1.807) is 0 Å². The number of aryl methyl sites for hydroxylation is 2. The third kappa shape index (κ3) is 8.38. The van der Waals surface area contributed by atoms with Crippen molar-refractivity contribution in [3.05, 3.63) is 83.7 Å². The number of likely N-dealkylation sites (tertiary alicyclic amines) is 2. The van der Waals surface area contributed by atoms with E-state index in [2.05, 4.69) is 75.2 Å². The average molecular weight is 857 g/mol. The maximum Gasteiger partial charge on any atom is 0.407 e. The highest BCUT2D eigenvalue weighted by Gasteiger charge is 2.41. The van der Waals surface area contributed by atoms with Crippen molar-refractivity contribution in [2.45, 2.75) is 89.4 Å². The lowest BCUT2D eigenvalue weighted by atomic mass is 9.89.